The Bertz CT molecular complexity index is 1760. The van der Waals surface area contributed by atoms with Gasteiger partial charge in [0.2, 0.25) is 0 Å². The van der Waals surface area contributed by atoms with Gasteiger partial charge in [0.25, 0.3) is 5.91 Å². The number of fused-ring (bicyclic) bond motifs is 1. The molecule has 2 aromatic heterocycles. The highest BCUT2D eigenvalue weighted by Gasteiger charge is 2.19. The molecule has 0 bridgehead atoms. The molecule has 0 spiro atoms. The number of amides is 1. The minimum absolute atomic E-state index is 0.0945. The van der Waals surface area contributed by atoms with Crippen LogP contribution in [0.3, 0.4) is 0 Å². The average molecular weight is 633 g/mol. The number of aromatic nitrogens is 1. The Hall–Kier alpha value is -4.71. The van der Waals surface area contributed by atoms with Crippen LogP contribution in [0.1, 0.15) is 27.7 Å². The summed E-state index contributed by atoms with van der Waals surface area (Å²) in [5.74, 6) is 1.41. The van der Waals surface area contributed by atoms with E-state index in [2.05, 4.69) is 10.3 Å². The summed E-state index contributed by atoms with van der Waals surface area (Å²) >= 11 is 1.27. The van der Waals surface area contributed by atoms with Gasteiger partial charge in [-0.05, 0) is 54.1 Å². The van der Waals surface area contributed by atoms with Crippen LogP contribution >= 0.6 is 11.3 Å². The van der Waals surface area contributed by atoms with Gasteiger partial charge in [0.15, 0.2) is 11.5 Å². The van der Waals surface area contributed by atoms with Gasteiger partial charge >= 0.3 is 0 Å². The third kappa shape index (κ3) is 7.51. The van der Waals surface area contributed by atoms with E-state index >= 15 is 0 Å². The molecule has 0 radical (unpaired) electrons. The summed E-state index contributed by atoms with van der Waals surface area (Å²) in [6, 6.07) is 20.7. The molecule has 11 heteroatoms. The molecule has 3 aromatic carbocycles. The number of hydrogen-bond acceptors (Lipinski definition) is 9. The molecule has 9 nitrogen and oxygen atoms in total. The van der Waals surface area contributed by atoms with Gasteiger partial charge in [0, 0.05) is 28.4 Å². The molecule has 0 aliphatic rings. The zero-order valence-electron chi connectivity index (χ0n) is 25.0. The quantitative estimate of drug-likeness (QED) is 0.140. The molecular formula is C34H33FN2O7S. The molecule has 234 valence electrons. The standard InChI is InChI=1S/C34H33FN2O7S/c1-40-23-10-7-21(8-11-23)19-43-15-16-44-29-13-9-22(17-31(29)42-3)34(39)36-18-28(38)27-12-14-30(41-2)32(37-27)25-20-45-33-24(25)5-4-6-26(33)35/h4-14,17,20,28,38H,15-16,18-19H2,1-3H3,(H,36,39). The highest BCUT2D eigenvalue weighted by molar-refractivity contribution is 7.17. The number of carbonyl (C=O) groups excluding carboxylic acids is 1. The Morgan fingerprint density at radius 1 is 0.933 bits per heavy atom. The number of halogens is 1. The molecule has 5 rings (SSSR count). The number of thiophene rings is 1. The van der Waals surface area contributed by atoms with Crippen molar-refractivity contribution in [1.82, 2.24) is 10.3 Å². The largest absolute Gasteiger partial charge is 0.497 e. The number of benzene rings is 3. The molecule has 1 amide bonds. The molecule has 1 unspecified atom stereocenters. The molecule has 1 atom stereocenters. The highest BCUT2D eigenvalue weighted by Crippen LogP contribution is 2.39. The first-order chi connectivity index (χ1) is 21.9. The number of aliphatic hydroxyl groups is 1. The lowest BCUT2D eigenvalue weighted by Crippen LogP contribution is -2.28. The van der Waals surface area contributed by atoms with Gasteiger partial charge in [0.05, 0.1) is 44.9 Å². The number of nitrogens with one attached hydrogen (secondary N) is 1. The maximum absolute atomic E-state index is 14.3. The fourth-order valence-corrected chi connectivity index (χ4v) is 5.62. The fraction of sp³-hybridized carbons (Fsp3) is 0.235. The number of aliphatic hydroxyl groups excluding tert-OH is 1. The predicted molar refractivity (Wildman–Crippen MR) is 170 cm³/mol. The van der Waals surface area contributed by atoms with E-state index in [1.807, 2.05) is 35.7 Å². The van der Waals surface area contributed by atoms with Crippen molar-refractivity contribution in [2.45, 2.75) is 12.7 Å². The second-order valence-electron chi connectivity index (χ2n) is 9.89. The monoisotopic (exact) mass is 632 g/mol. The first-order valence-electron chi connectivity index (χ1n) is 14.1. The molecule has 0 fully saturated rings. The van der Waals surface area contributed by atoms with E-state index in [0.717, 1.165) is 11.3 Å². The number of rotatable bonds is 14. The van der Waals surface area contributed by atoms with Crippen LogP contribution in [0.15, 0.2) is 78.2 Å². The number of carbonyl (C=O) groups is 1. The van der Waals surface area contributed by atoms with E-state index in [1.54, 1.807) is 43.5 Å². The van der Waals surface area contributed by atoms with Gasteiger partial charge in [-0.2, -0.15) is 0 Å². The van der Waals surface area contributed by atoms with Crippen molar-refractivity contribution in [2.24, 2.45) is 0 Å². The fourth-order valence-electron chi connectivity index (χ4n) is 4.66. The summed E-state index contributed by atoms with van der Waals surface area (Å²) < 4.78 is 42.4. The van der Waals surface area contributed by atoms with E-state index in [0.29, 0.717) is 63.1 Å². The van der Waals surface area contributed by atoms with E-state index in [1.165, 1.54) is 31.6 Å². The Kier molecular flexibility index (Phi) is 10.5. The first-order valence-corrected chi connectivity index (χ1v) is 15.0. The normalized spacial score (nSPS) is 11.7. The van der Waals surface area contributed by atoms with Gasteiger partial charge in [0.1, 0.15) is 35.7 Å². The minimum Gasteiger partial charge on any atom is -0.497 e. The van der Waals surface area contributed by atoms with Crippen molar-refractivity contribution in [1.29, 1.82) is 0 Å². The van der Waals surface area contributed by atoms with E-state index in [4.69, 9.17) is 23.7 Å². The second-order valence-corrected chi connectivity index (χ2v) is 10.8. The number of pyridine rings is 1. The topological polar surface area (TPSA) is 108 Å². The zero-order chi connectivity index (χ0) is 31.8. The maximum atomic E-state index is 14.3. The first kappa shape index (κ1) is 31.7. The van der Waals surface area contributed by atoms with E-state index in [9.17, 15) is 14.3 Å². The molecule has 0 aliphatic carbocycles. The summed E-state index contributed by atoms with van der Waals surface area (Å²) in [6.07, 6.45) is -1.11. The molecule has 2 heterocycles. The number of hydrogen-bond donors (Lipinski definition) is 2. The Labute approximate surface area is 264 Å². The summed E-state index contributed by atoms with van der Waals surface area (Å²) in [5.41, 5.74) is 2.85. The lowest BCUT2D eigenvalue weighted by molar-refractivity contribution is 0.0877. The van der Waals surface area contributed by atoms with Crippen LogP contribution < -0.4 is 24.3 Å². The van der Waals surface area contributed by atoms with Crippen molar-refractivity contribution in [2.75, 3.05) is 41.1 Å². The molecule has 0 saturated heterocycles. The van der Waals surface area contributed by atoms with Gasteiger partial charge in [-0.15, -0.1) is 11.3 Å². The average Bonchev–Trinajstić information content (AvgIpc) is 3.52. The third-order valence-electron chi connectivity index (χ3n) is 7.04. The van der Waals surface area contributed by atoms with Crippen LogP contribution in [0.25, 0.3) is 21.3 Å². The van der Waals surface area contributed by atoms with E-state index in [-0.39, 0.29) is 19.0 Å². The van der Waals surface area contributed by atoms with Crippen molar-refractivity contribution < 1.29 is 38.0 Å². The zero-order valence-corrected chi connectivity index (χ0v) is 25.9. The SMILES string of the molecule is COc1ccc(COCCOc2ccc(C(=O)NCC(O)c3ccc(OC)c(-c4csc5c(F)cccc45)n3)cc2OC)cc1. The van der Waals surface area contributed by atoms with Crippen LogP contribution in [-0.2, 0) is 11.3 Å². The molecule has 0 aliphatic heterocycles. The number of methoxy groups -OCH3 is 3. The van der Waals surface area contributed by atoms with Crippen LogP contribution in [0.4, 0.5) is 4.39 Å². The van der Waals surface area contributed by atoms with Crippen molar-refractivity contribution >= 4 is 27.3 Å². The number of ether oxygens (including phenoxy) is 5. The Morgan fingerprint density at radius 3 is 2.47 bits per heavy atom. The Balaban J connectivity index is 1.17. The highest BCUT2D eigenvalue weighted by atomic mass is 32.1. The van der Waals surface area contributed by atoms with Crippen LogP contribution in [0.5, 0.6) is 23.0 Å². The summed E-state index contributed by atoms with van der Waals surface area (Å²) in [7, 11) is 4.64. The van der Waals surface area contributed by atoms with Crippen molar-refractivity contribution in [3.63, 3.8) is 0 Å². The Morgan fingerprint density at radius 2 is 1.71 bits per heavy atom. The molecule has 2 N–H and O–H groups in total. The lowest BCUT2D eigenvalue weighted by atomic mass is 10.1. The van der Waals surface area contributed by atoms with Crippen molar-refractivity contribution in [3.05, 3.63) is 101 Å². The third-order valence-corrected chi connectivity index (χ3v) is 8.05. The van der Waals surface area contributed by atoms with Crippen LogP contribution in [0, 0.1) is 5.82 Å². The lowest BCUT2D eigenvalue weighted by Gasteiger charge is -2.15. The van der Waals surface area contributed by atoms with Gasteiger partial charge < -0.3 is 34.1 Å². The van der Waals surface area contributed by atoms with Crippen molar-refractivity contribution in [3.8, 4) is 34.3 Å². The maximum Gasteiger partial charge on any atom is 0.251 e. The summed E-state index contributed by atoms with van der Waals surface area (Å²) in [5, 5.41) is 16.2. The smallest absolute Gasteiger partial charge is 0.251 e. The summed E-state index contributed by atoms with van der Waals surface area (Å²) in [6.45, 7) is 0.990. The van der Waals surface area contributed by atoms with Gasteiger partial charge in [-0.3, -0.25) is 4.79 Å². The summed E-state index contributed by atoms with van der Waals surface area (Å²) in [4.78, 5) is 17.6. The van der Waals surface area contributed by atoms with Crippen LogP contribution in [-0.4, -0.2) is 57.1 Å². The van der Waals surface area contributed by atoms with Crippen LogP contribution in [0.2, 0.25) is 0 Å². The molecular weight excluding hydrogens is 599 g/mol. The number of nitrogens with zero attached hydrogens (tertiary/aromatic N) is 1. The second kappa shape index (κ2) is 14.8. The molecule has 45 heavy (non-hydrogen) atoms. The van der Waals surface area contributed by atoms with Gasteiger partial charge in [-0.25, -0.2) is 9.37 Å². The predicted octanol–water partition coefficient (Wildman–Crippen LogP) is 6.19. The van der Waals surface area contributed by atoms with Gasteiger partial charge in [-0.1, -0.05) is 24.3 Å². The molecule has 0 saturated carbocycles. The van der Waals surface area contributed by atoms with E-state index < -0.39 is 12.0 Å². The minimum atomic E-state index is -1.11. The molecule has 5 aromatic rings.